The summed E-state index contributed by atoms with van der Waals surface area (Å²) in [5.74, 6) is -0.578. The van der Waals surface area contributed by atoms with E-state index in [0.29, 0.717) is 74.1 Å². The third-order valence-corrected chi connectivity index (χ3v) is 13.1. The summed E-state index contributed by atoms with van der Waals surface area (Å²) in [4.78, 5) is 98.6. The fourth-order valence-electron chi connectivity index (χ4n) is 9.08. The second-order valence-electron chi connectivity index (χ2n) is 18.0. The van der Waals surface area contributed by atoms with Gasteiger partial charge in [0.25, 0.3) is 23.3 Å². The van der Waals surface area contributed by atoms with Crippen LogP contribution >= 0.6 is 0 Å². The Morgan fingerprint density at radius 2 is 1.65 bits per heavy atom. The lowest BCUT2D eigenvalue weighted by Crippen LogP contribution is -2.54. The Balaban J connectivity index is 0.686. The molecular weight excluding hydrogens is 847 g/mol. The number of pyridine rings is 2. The fraction of sp³-hybridized carbons (Fsp3) is 0.510. The molecule has 1 unspecified atom stereocenters. The number of unbranched alkanes of at least 4 members (excludes halogenated alkanes) is 7. The lowest BCUT2D eigenvalue weighted by molar-refractivity contribution is -0.136. The molecule has 1 aromatic carbocycles. The summed E-state index contributed by atoms with van der Waals surface area (Å²) in [6.45, 7) is 5.46. The Kier molecular flexibility index (Phi) is 14.6. The molecule has 2 N–H and O–H groups in total. The number of furan rings is 1. The summed E-state index contributed by atoms with van der Waals surface area (Å²) >= 11 is 0. The van der Waals surface area contributed by atoms with Gasteiger partial charge in [-0.15, -0.1) is 0 Å². The van der Waals surface area contributed by atoms with Gasteiger partial charge < -0.3 is 28.7 Å². The number of piperazine rings is 1. The van der Waals surface area contributed by atoms with E-state index in [0.717, 1.165) is 67.4 Å². The van der Waals surface area contributed by atoms with E-state index in [1.807, 2.05) is 17.0 Å². The van der Waals surface area contributed by atoms with Gasteiger partial charge in [-0.1, -0.05) is 44.6 Å². The second-order valence-corrected chi connectivity index (χ2v) is 18.0. The number of aryl methyl sites for hydroxylation is 1. The van der Waals surface area contributed by atoms with Crippen molar-refractivity contribution in [2.45, 2.75) is 109 Å². The van der Waals surface area contributed by atoms with Crippen LogP contribution in [0.15, 0.2) is 58.1 Å². The SMILES string of the molecule is C[C@@H]1CN(C(=O)CCCCCCCCCCNC(=O)COc2cccc3c2C(=O)N(C2CCC(=O)NC2=O)C3=O)CCN1Cc1cc2c(=O)n(C)cc(-c3ccncc3OCC3CC3)c2o1. The summed E-state index contributed by atoms with van der Waals surface area (Å²) in [5.41, 5.74) is 2.15. The van der Waals surface area contributed by atoms with Gasteiger partial charge in [-0.05, 0) is 69.2 Å². The van der Waals surface area contributed by atoms with Crippen LogP contribution in [0, 0.1) is 5.92 Å². The fourth-order valence-corrected chi connectivity index (χ4v) is 9.08. The van der Waals surface area contributed by atoms with Crippen LogP contribution in [-0.2, 0) is 32.8 Å². The van der Waals surface area contributed by atoms with E-state index >= 15 is 0 Å². The summed E-state index contributed by atoms with van der Waals surface area (Å²) in [6, 6.07) is 7.32. The topological polar surface area (TPSA) is 203 Å². The Hall–Kier alpha value is -6.36. The molecule has 3 aromatic heterocycles. The predicted molar refractivity (Wildman–Crippen MR) is 243 cm³/mol. The normalized spacial score (nSPS) is 18.8. The summed E-state index contributed by atoms with van der Waals surface area (Å²) in [7, 11) is 1.75. The number of carbonyl (C=O) groups excluding carboxylic acids is 6. The molecule has 8 rings (SSSR count). The number of nitrogens with one attached hydrogen (secondary N) is 2. The molecule has 2 saturated heterocycles. The standard InChI is InChI=1S/C49H59N7O10/c1-31-26-55(23-22-54(31)27-33-24-36-45(66-33)37(28-53(2)47(36)61)34-19-21-50-25-40(34)64-29-32-15-16-32)43(59)14-9-7-5-3-4-6-8-10-20-51-42(58)30-65-39-13-11-12-35-44(39)49(63)56(48(35)62)38-17-18-41(57)52-46(38)60/h11-13,19,21,24-25,28,31-32,38H,3-10,14-18,20,22-23,26-27,29-30H2,1-2H3,(H,51,58)(H,52,57,60)/t31-,38?/m1/s1. The molecule has 6 heterocycles. The highest BCUT2D eigenvalue weighted by molar-refractivity contribution is 6.24. The van der Waals surface area contributed by atoms with Gasteiger partial charge >= 0.3 is 0 Å². The molecule has 0 bridgehead atoms. The Bertz CT molecular complexity index is 2550. The number of ether oxygens (including phenoxy) is 2. The van der Waals surface area contributed by atoms with Crippen molar-refractivity contribution in [2.75, 3.05) is 39.4 Å². The zero-order chi connectivity index (χ0) is 46.3. The Labute approximate surface area is 383 Å². The van der Waals surface area contributed by atoms with E-state index in [1.165, 1.54) is 25.0 Å². The Morgan fingerprint density at radius 3 is 2.41 bits per heavy atom. The van der Waals surface area contributed by atoms with Crippen molar-refractivity contribution in [2.24, 2.45) is 13.0 Å². The number of aromatic nitrogens is 2. The molecule has 4 aliphatic rings. The van der Waals surface area contributed by atoms with Crippen LogP contribution in [0.25, 0.3) is 22.1 Å². The van der Waals surface area contributed by atoms with Crippen molar-refractivity contribution in [3.05, 3.63) is 76.2 Å². The van der Waals surface area contributed by atoms with E-state index < -0.39 is 29.7 Å². The smallest absolute Gasteiger partial charge is 0.266 e. The zero-order valence-electron chi connectivity index (χ0n) is 37.8. The molecule has 2 atom stereocenters. The van der Waals surface area contributed by atoms with E-state index in [-0.39, 0.29) is 59.7 Å². The highest BCUT2D eigenvalue weighted by Crippen LogP contribution is 2.37. The maximum absolute atomic E-state index is 13.2. The van der Waals surface area contributed by atoms with E-state index in [9.17, 15) is 33.6 Å². The number of rotatable bonds is 21. The van der Waals surface area contributed by atoms with Gasteiger partial charge in [0.15, 0.2) is 6.61 Å². The molecule has 1 aliphatic carbocycles. The van der Waals surface area contributed by atoms with Crippen LogP contribution in [0.5, 0.6) is 11.5 Å². The molecule has 1 saturated carbocycles. The largest absolute Gasteiger partial charge is 0.491 e. The maximum Gasteiger partial charge on any atom is 0.266 e. The zero-order valence-corrected chi connectivity index (χ0v) is 37.8. The van der Waals surface area contributed by atoms with Crippen LogP contribution in [0.3, 0.4) is 0 Å². The van der Waals surface area contributed by atoms with Gasteiger partial charge in [0.05, 0.1) is 35.9 Å². The molecule has 3 aliphatic heterocycles. The average molecular weight is 906 g/mol. The summed E-state index contributed by atoms with van der Waals surface area (Å²) < 4.78 is 19.8. The number of amides is 6. The van der Waals surface area contributed by atoms with Gasteiger partial charge in [0, 0.05) is 75.6 Å². The third kappa shape index (κ3) is 10.7. The van der Waals surface area contributed by atoms with Crippen molar-refractivity contribution >= 4 is 46.4 Å². The first-order chi connectivity index (χ1) is 32.0. The molecule has 350 valence electrons. The third-order valence-electron chi connectivity index (χ3n) is 13.1. The molecule has 66 heavy (non-hydrogen) atoms. The van der Waals surface area contributed by atoms with Gasteiger partial charge in [0.1, 0.15) is 28.9 Å². The Morgan fingerprint density at radius 1 is 0.879 bits per heavy atom. The van der Waals surface area contributed by atoms with Crippen LogP contribution in [0.1, 0.15) is 117 Å². The lowest BCUT2D eigenvalue weighted by atomic mass is 10.0. The minimum absolute atomic E-state index is 0.00428. The molecule has 3 fully saturated rings. The number of benzene rings is 1. The monoisotopic (exact) mass is 905 g/mol. The van der Waals surface area contributed by atoms with Crippen molar-refractivity contribution in [1.82, 2.24) is 34.9 Å². The molecule has 17 nitrogen and oxygen atoms in total. The maximum atomic E-state index is 13.2. The number of nitrogens with zero attached hydrogens (tertiary/aromatic N) is 5. The van der Waals surface area contributed by atoms with Gasteiger partial charge in [-0.2, -0.15) is 0 Å². The summed E-state index contributed by atoms with van der Waals surface area (Å²) in [5, 5.41) is 5.54. The number of imide groups is 2. The number of carbonyl (C=O) groups is 6. The number of fused-ring (bicyclic) bond motifs is 2. The first kappa shape index (κ1) is 46.2. The minimum atomic E-state index is -1.09. The van der Waals surface area contributed by atoms with Crippen molar-refractivity contribution in [1.29, 1.82) is 0 Å². The quantitative estimate of drug-likeness (QED) is 0.0827. The first-order valence-electron chi connectivity index (χ1n) is 23.4. The molecule has 0 radical (unpaired) electrons. The van der Waals surface area contributed by atoms with Crippen LogP contribution in [-0.4, -0.2) is 111 Å². The molecular formula is C49H59N7O10. The first-order valence-corrected chi connectivity index (χ1v) is 23.4. The van der Waals surface area contributed by atoms with E-state index in [2.05, 4.69) is 27.4 Å². The van der Waals surface area contributed by atoms with E-state index in [1.54, 1.807) is 36.3 Å². The molecule has 6 amide bonds. The summed E-state index contributed by atoms with van der Waals surface area (Å²) in [6.07, 6.45) is 16.1. The van der Waals surface area contributed by atoms with Gasteiger partial charge in [0.2, 0.25) is 17.7 Å². The lowest BCUT2D eigenvalue weighted by Gasteiger charge is -2.39. The van der Waals surface area contributed by atoms with Crippen LogP contribution in [0.4, 0.5) is 0 Å². The average Bonchev–Trinajstić information content (AvgIpc) is 3.99. The number of hydrogen-bond donors (Lipinski definition) is 2. The van der Waals surface area contributed by atoms with Crippen molar-refractivity contribution in [3.63, 3.8) is 0 Å². The second kappa shape index (κ2) is 20.9. The van der Waals surface area contributed by atoms with Crippen LogP contribution < -0.4 is 25.7 Å². The van der Waals surface area contributed by atoms with Gasteiger partial charge in [-0.3, -0.25) is 53.7 Å². The number of hydrogen-bond acceptors (Lipinski definition) is 12. The van der Waals surface area contributed by atoms with Crippen molar-refractivity contribution < 1.29 is 42.7 Å². The highest BCUT2D eigenvalue weighted by Gasteiger charge is 2.46. The van der Waals surface area contributed by atoms with Crippen molar-refractivity contribution in [3.8, 4) is 22.6 Å². The number of piperidine rings is 1. The minimum Gasteiger partial charge on any atom is -0.491 e. The van der Waals surface area contributed by atoms with Gasteiger partial charge in [-0.25, -0.2) is 0 Å². The van der Waals surface area contributed by atoms with E-state index in [4.69, 9.17) is 13.9 Å². The highest BCUT2D eigenvalue weighted by atomic mass is 16.5. The molecule has 4 aromatic rings. The molecule has 17 heteroatoms. The predicted octanol–water partition coefficient (Wildman–Crippen LogP) is 5.12. The van der Waals surface area contributed by atoms with Crippen LogP contribution in [0.2, 0.25) is 0 Å². The molecule has 0 spiro atoms.